The van der Waals surface area contributed by atoms with E-state index in [1.165, 1.54) is 6.26 Å². The first kappa shape index (κ1) is 24.4. The number of nitrogens with zero attached hydrogens (tertiary/aromatic N) is 2. The summed E-state index contributed by atoms with van der Waals surface area (Å²) >= 11 is 0. The Bertz CT molecular complexity index is 1350. The minimum atomic E-state index is -0.276. The average molecular weight is 500 g/mol. The number of ether oxygens (including phenoxy) is 3. The SMILES string of the molecule is COc1cccc(CN(Cc2ccc3c(c2)OCO3)Cc2nc(C(=O)N[C@H](C)c3ccccc3)co2)c1. The van der Waals surface area contributed by atoms with Gasteiger partial charge in [-0.15, -0.1) is 0 Å². The molecule has 1 aliphatic rings. The van der Waals surface area contributed by atoms with Gasteiger partial charge in [0.1, 0.15) is 12.0 Å². The molecule has 5 rings (SSSR count). The number of amides is 1. The first-order chi connectivity index (χ1) is 18.1. The van der Waals surface area contributed by atoms with Crippen molar-refractivity contribution in [3.8, 4) is 17.2 Å². The van der Waals surface area contributed by atoms with Crippen LogP contribution in [-0.2, 0) is 19.6 Å². The second-order valence-corrected chi connectivity index (χ2v) is 8.92. The third-order valence-electron chi connectivity index (χ3n) is 6.17. The number of hydrogen-bond donors (Lipinski definition) is 1. The molecule has 0 unspecified atom stereocenters. The predicted octanol–water partition coefficient (Wildman–Crippen LogP) is 5.11. The monoisotopic (exact) mass is 499 g/mol. The van der Waals surface area contributed by atoms with Crippen molar-refractivity contribution in [1.29, 1.82) is 0 Å². The molecule has 1 aromatic heterocycles. The van der Waals surface area contributed by atoms with Crippen molar-refractivity contribution in [2.75, 3.05) is 13.9 Å². The second kappa shape index (κ2) is 11.2. The van der Waals surface area contributed by atoms with Crippen LogP contribution in [0.15, 0.2) is 83.5 Å². The molecule has 0 saturated heterocycles. The Labute approximate surface area is 215 Å². The molecule has 8 nitrogen and oxygen atoms in total. The number of carbonyl (C=O) groups is 1. The van der Waals surface area contributed by atoms with Gasteiger partial charge in [-0.05, 0) is 47.9 Å². The highest BCUT2D eigenvalue weighted by atomic mass is 16.7. The number of benzene rings is 3. The first-order valence-corrected chi connectivity index (χ1v) is 12.1. The molecule has 0 spiro atoms. The van der Waals surface area contributed by atoms with Crippen LogP contribution in [0.5, 0.6) is 17.2 Å². The predicted molar refractivity (Wildman–Crippen MR) is 137 cm³/mol. The summed E-state index contributed by atoms with van der Waals surface area (Å²) < 4.78 is 22.1. The van der Waals surface area contributed by atoms with E-state index < -0.39 is 0 Å². The lowest BCUT2D eigenvalue weighted by Crippen LogP contribution is -2.27. The largest absolute Gasteiger partial charge is 0.497 e. The number of fused-ring (bicyclic) bond motifs is 1. The highest BCUT2D eigenvalue weighted by Gasteiger charge is 2.19. The van der Waals surface area contributed by atoms with E-state index in [0.717, 1.165) is 33.9 Å². The van der Waals surface area contributed by atoms with Crippen molar-refractivity contribution < 1.29 is 23.4 Å². The van der Waals surface area contributed by atoms with Gasteiger partial charge in [-0.25, -0.2) is 4.98 Å². The summed E-state index contributed by atoms with van der Waals surface area (Å²) in [7, 11) is 1.65. The van der Waals surface area contributed by atoms with Gasteiger partial charge in [-0.2, -0.15) is 0 Å². The maximum Gasteiger partial charge on any atom is 0.273 e. The Morgan fingerprint density at radius 1 is 0.973 bits per heavy atom. The molecule has 1 aliphatic heterocycles. The molecule has 1 N–H and O–H groups in total. The van der Waals surface area contributed by atoms with Crippen molar-refractivity contribution in [3.63, 3.8) is 0 Å². The Morgan fingerprint density at radius 3 is 2.57 bits per heavy atom. The zero-order valence-electron chi connectivity index (χ0n) is 20.8. The van der Waals surface area contributed by atoms with Crippen LogP contribution < -0.4 is 19.5 Å². The van der Waals surface area contributed by atoms with Crippen LogP contribution in [-0.4, -0.2) is 29.7 Å². The van der Waals surface area contributed by atoms with Crippen LogP contribution in [0.4, 0.5) is 0 Å². The summed E-state index contributed by atoms with van der Waals surface area (Å²) in [6.45, 7) is 3.82. The van der Waals surface area contributed by atoms with Crippen molar-refractivity contribution >= 4 is 5.91 Å². The van der Waals surface area contributed by atoms with E-state index in [1.54, 1.807) is 7.11 Å². The molecule has 37 heavy (non-hydrogen) atoms. The number of methoxy groups -OCH3 is 1. The molecule has 190 valence electrons. The molecule has 1 atom stereocenters. The molecule has 0 aliphatic carbocycles. The molecule has 0 saturated carbocycles. The summed E-state index contributed by atoms with van der Waals surface area (Å²) in [6.07, 6.45) is 1.41. The average Bonchev–Trinajstić information content (AvgIpc) is 3.59. The quantitative estimate of drug-likeness (QED) is 0.325. The van der Waals surface area contributed by atoms with Gasteiger partial charge >= 0.3 is 0 Å². The van der Waals surface area contributed by atoms with Crippen molar-refractivity contribution in [3.05, 3.63) is 107 Å². The minimum Gasteiger partial charge on any atom is -0.497 e. The van der Waals surface area contributed by atoms with Gasteiger partial charge in [0.15, 0.2) is 17.2 Å². The van der Waals surface area contributed by atoms with E-state index in [0.29, 0.717) is 25.5 Å². The molecular formula is C29H29N3O5. The molecule has 3 aromatic carbocycles. The van der Waals surface area contributed by atoms with Crippen molar-refractivity contribution in [2.24, 2.45) is 0 Å². The van der Waals surface area contributed by atoms with Crippen LogP contribution in [0.3, 0.4) is 0 Å². The zero-order chi connectivity index (χ0) is 25.6. The summed E-state index contributed by atoms with van der Waals surface area (Å²) in [6, 6.07) is 23.5. The van der Waals surface area contributed by atoms with E-state index in [-0.39, 0.29) is 24.4 Å². The van der Waals surface area contributed by atoms with E-state index >= 15 is 0 Å². The van der Waals surface area contributed by atoms with Crippen LogP contribution in [0.1, 0.15) is 46.0 Å². The summed E-state index contributed by atoms with van der Waals surface area (Å²) in [5.41, 5.74) is 3.42. The van der Waals surface area contributed by atoms with Crippen molar-refractivity contribution in [1.82, 2.24) is 15.2 Å². The van der Waals surface area contributed by atoms with E-state index in [9.17, 15) is 4.79 Å². The fraction of sp³-hybridized carbons (Fsp3) is 0.241. The van der Waals surface area contributed by atoms with Gasteiger partial charge in [0.2, 0.25) is 12.7 Å². The smallest absolute Gasteiger partial charge is 0.273 e. The summed E-state index contributed by atoms with van der Waals surface area (Å²) in [5.74, 6) is 2.46. The van der Waals surface area contributed by atoms with E-state index in [4.69, 9.17) is 18.6 Å². The Kier molecular flexibility index (Phi) is 7.37. The van der Waals surface area contributed by atoms with Gasteiger partial charge < -0.3 is 23.9 Å². The topological polar surface area (TPSA) is 86.1 Å². The number of aromatic nitrogens is 1. The Hall–Kier alpha value is -4.30. The number of hydrogen-bond acceptors (Lipinski definition) is 7. The number of nitrogens with one attached hydrogen (secondary N) is 1. The van der Waals surface area contributed by atoms with Gasteiger partial charge in [0.05, 0.1) is 19.7 Å². The van der Waals surface area contributed by atoms with Gasteiger partial charge in [0, 0.05) is 13.1 Å². The molecule has 0 bridgehead atoms. The normalized spacial score (nSPS) is 12.9. The summed E-state index contributed by atoms with van der Waals surface area (Å²) in [4.78, 5) is 19.5. The highest BCUT2D eigenvalue weighted by Crippen LogP contribution is 2.33. The molecule has 0 radical (unpaired) electrons. The van der Waals surface area contributed by atoms with Crippen molar-refractivity contribution in [2.45, 2.75) is 32.6 Å². The minimum absolute atomic E-state index is 0.149. The third-order valence-corrected chi connectivity index (χ3v) is 6.17. The number of oxazole rings is 1. The van der Waals surface area contributed by atoms with Crippen LogP contribution in [0.2, 0.25) is 0 Å². The zero-order valence-corrected chi connectivity index (χ0v) is 20.8. The molecular weight excluding hydrogens is 470 g/mol. The highest BCUT2D eigenvalue weighted by molar-refractivity contribution is 5.92. The fourth-order valence-electron chi connectivity index (χ4n) is 4.27. The van der Waals surface area contributed by atoms with Crippen LogP contribution >= 0.6 is 0 Å². The number of carbonyl (C=O) groups excluding carboxylic acids is 1. The van der Waals surface area contributed by atoms with Gasteiger partial charge in [-0.1, -0.05) is 48.5 Å². The standard InChI is InChI=1S/C29H29N3O5/c1-20(23-8-4-3-5-9-23)30-29(33)25-18-35-28(31-25)17-32(15-21-7-6-10-24(13-21)34-2)16-22-11-12-26-27(14-22)37-19-36-26/h3-14,18,20H,15-17,19H2,1-2H3,(H,30,33)/t20-/m1/s1. The molecule has 2 heterocycles. The first-order valence-electron chi connectivity index (χ1n) is 12.1. The van der Waals surface area contributed by atoms with Crippen LogP contribution in [0.25, 0.3) is 0 Å². The fourth-order valence-corrected chi connectivity index (χ4v) is 4.27. The second-order valence-electron chi connectivity index (χ2n) is 8.92. The lowest BCUT2D eigenvalue weighted by atomic mass is 10.1. The van der Waals surface area contributed by atoms with Gasteiger partial charge in [-0.3, -0.25) is 9.69 Å². The Balaban J connectivity index is 1.30. The molecule has 4 aromatic rings. The maximum atomic E-state index is 12.8. The van der Waals surface area contributed by atoms with E-state index in [2.05, 4.69) is 21.3 Å². The van der Waals surface area contributed by atoms with Crippen LogP contribution in [0, 0.1) is 0 Å². The Morgan fingerprint density at radius 2 is 1.76 bits per heavy atom. The van der Waals surface area contributed by atoms with Gasteiger partial charge in [0.25, 0.3) is 5.91 Å². The van der Waals surface area contributed by atoms with E-state index in [1.807, 2.05) is 73.7 Å². The molecule has 1 amide bonds. The summed E-state index contributed by atoms with van der Waals surface area (Å²) in [5, 5.41) is 2.98. The number of rotatable bonds is 10. The lowest BCUT2D eigenvalue weighted by Gasteiger charge is -2.21. The maximum absolute atomic E-state index is 12.8. The molecule has 8 heteroatoms. The lowest BCUT2D eigenvalue weighted by molar-refractivity contribution is 0.0934. The molecule has 0 fully saturated rings. The third kappa shape index (κ3) is 6.10.